The number of pyridine rings is 2. The average Bonchev–Trinajstić information content (AvgIpc) is 3.59. The third-order valence-electron chi connectivity index (χ3n) is 9.95. The first-order valence-corrected chi connectivity index (χ1v) is 17.8. The van der Waals surface area contributed by atoms with E-state index in [1.807, 2.05) is 61.6 Å². The molecule has 0 spiro atoms. The van der Waals surface area contributed by atoms with Gasteiger partial charge in [-0.3, -0.25) is 23.7 Å². The molecule has 2 aromatic carbocycles. The lowest BCUT2D eigenvalue weighted by atomic mass is 9.85. The molecule has 5 heterocycles. The van der Waals surface area contributed by atoms with Crippen LogP contribution in [0.5, 0.6) is 5.88 Å². The minimum Gasteiger partial charge on any atom is -0.481 e. The molecule has 53 heavy (non-hydrogen) atoms. The van der Waals surface area contributed by atoms with Crippen LogP contribution in [0, 0.1) is 5.41 Å². The molecular formula is C39H38Cl2N6O6. The van der Waals surface area contributed by atoms with E-state index in [9.17, 15) is 14.4 Å². The van der Waals surface area contributed by atoms with Gasteiger partial charge in [0.15, 0.2) is 0 Å². The molecule has 5 aromatic rings. The molecule has 2 fully saturated rings. The number of rotatable bonds is 11. The van der Waals surface area contributed by atoms with E-state index in [1.165, 1.54) is 17.7 Å². The fraction of sp³-hybridized carbons (Fsp3) is 0.308. The van der Waals surface area contributed by atoms with Gasteiger partial charge in [0.05, 0.1) is 55.5 Å². The van der Waals surface area contributed by atoms with Crippen molar-refractivity contribution in [2.75, 3.05) is 53.0 Å². The van der Waals surface area contributed by atoms with E-state index in [0.29, 0.717) is 51.5 Å². The van der Waals surface area contributed by atoms with Crippen molar-refractivity contribution in [2.24, 2.45) is 5.41 Å². The number of halogens is 2. The first kappa shape index (κ1) is 36.4. The zero-order valence-electron chi connectivity index (χ0n) is 29.7. The number of nitrogens with one attached hydrogen (secondary N) is 1. The van der Waals surface area contributed by atoms with Crippen LogP contribution in [0.15, 0.2) is 77.9 Å². The van der Waals surface area contributed by atoms with Crippen molar-refractivity contribution in [2.45, 2.75) is 25.6 Å². The number of fused-ring (bicyclic) bond motifs is 1. The van der Waals surface area contributed by atoms with Gasteiger partial charge in [0, 0.05) is 60.6 Å². The number of methoxy groups -OCH3 is 2. The Morgan fingerprint density at radius 2 is 1.70 bits per heavy atom. The van der Waals surface area contributed by atoms with Crippen molar-refractivity contribution < 1.29 is 23.8 Å². The van der Waals surface area contributed by atoms with Crippen molar-refractivity contribution in [1.29, 1.82) is 0 Å². The highest BCUT2D eigenvalue weighted by Gasteiger charge is 2.48. The Hall–Kier alpha value is -5.01. The number of anilines is 1. The summed E-state index contributed by atoms with van der Waals surface area (Å²) < 4.78 is 17.4. The molecule has 0 aliphatic carbocycles. The highest BCUT2D eigenvalue weighted by molar-refractivity contribution is 6.39. The predicted octanol–water partition coefficient (Wildman–Crippen LogP) is 5.70. The predicted molar refractivity (Wildman–Crippen MR) is 203 cm³/mol. The number of hydrogen-bond acceptors (Lipinski definition) is 10. The molecule has 1 N–H and O–H groups in total. The zero-order valence-corrected chi connectivity index (χ0v) is 31.2. The number of amides is 1. The van der Waals surface area contributed by atoms with Gasteiger partial charge in [-0.1, -0.05) is 65.7 Å². The summed E-state index contributed by atoms with van der Waals surface area (Å²) in [6.45, 7) is 1.25. The van der Waals surface area contributed by atoms with Gasteiger partial charge in [0.1, 0.15) is 16.7 Å². The molecule has 3 aromatic heterocycles. The average molecular weight is 758 g/mol. The lowest BCUT2D eigenvalue weighted by molar-refractivity contribution is -0.180. The Bertz CT molecular complexity index is 2290. The highest BCUT2D eigenvalue weighted by Crippen LogP contribution is 2.42. The molecule has 2 aliphatic rings. The van der Waals surface area contributed by atoms with E-state index < -0.39 is 5.41 Å². The number of benzene rings is 2. The van der Waals surface area contributed by atoms with Crippen molar-refractivity contribution in [3.8, 4) is 39.4 Å². The van der Waals surface area contributed by atoms with Gasteiger partial charge < -0.3 is 24.4 Å². The maximum absolute atomic E-state index is 13.6. The Kier molecular flexibility index (Phi) is 10.1. The fourth-order valence-electron chi connectivity index (χ4n) is 7.00. The summed E-state index contributed by atoms with van der Waals surface area (Å²) in [5.74, 6) is 0.157. The molecule has 1 atom stereocenters. The number of esters is 1. The van der Waals surface area contributed by atoms with E-state index in [4.69, 9.17) is 42.4 Å². The van der Waals surface area contributed by atoms with Crippen LogP contribution < -0.4 is 20.5 Å². The Morgan fingerprint density at radius 3 is 2.34 bits per heavy atom. The van der Waals surface area contributed by atoms with Crippen LogP contribution in [-0.2, 0) is 25.6 Å². The zero-order chi connectivity index (χ0) is 37.4. The van der Waals surface area contributed by atoms with Crippen LogP contribution in [0.4, 0.5) is 5.69 Å². The second-order valence-electron chi connectivity index (χ2n) is 13.4. The molecular weight excluding hydrogens is 719 g/mol. The third kappa shape index (κ3) is 6.83. The molecule has 0 bridgehead atoms. The lowest BCUT2D eigenvalue weighted by Crippen LogP contribution is -2.56. The molecule has 0 unspecified atom stereocenters. The Labute approximate surface area is 316 Å². The van der Waals surface area contributed by atoms with E-state index in [1.54, 1.807) is 31.3 Å². The summed E-state index contributed by atoms with van der Waals surface area (Å²) in [5, 5.41) is 3.95. The van der Waals surface area contributed by atoms with Crippen LogP contribution in [0.1, 0.15) is 18.4 Å². The first-order chi connectivity index (χ1) is 25.5. The molecule has 2 saturated heterocycles. The lowest BCUT2D eigenvalue weighted by Gasteiger charge is -2.41. The first-order valence-electron chi connectivity index (χ1n) is 17.0. The van der Waals surface area contributed by atoms with Gasteiger partial charge >= 0.3 is 5.97 Å². The van der Waals surface area contributed by atoms with Gasteiger partial charge in [-0.05, 0) is 37.2 Å². The molecule has 0 radical (unpaired) electrons. The molecule has 0 saturated carbocycles. The monoisotopic (exact) mass is 756 g/mol. The van der Waals surface area contributed by atoms with Crippen LogP contribution in [-0.4, -0.2) is 85.4 Å². The largest absolute Gasteiger partial charge is 0.481 e. The van der Waals surface area contributed by atoms with Gasteiger partial charge in [-0.25, -0.2) is 9.97 Å². The Morgan fingerprint density at radius 1 is 1.00 bits per heavy atom. The maximum Gasteiger partial charge on any atom is 0.318 e. The summed E-state index contributed by atoms with van der Waals surface area (Å²) in [6, 6.07) is 18.9. The third-order valence-corrected chi connectivity index (χ3v) is 10.8. The highest BCUT2D eigenvalue weighted by atomic mass is 35.5. The molecule has 1 amide bonds. The summed E-state index contributed by atoms with van der Waals surface area (Å²) >= 11 is 14.2. The van der Waals surface area contributed by atoms with E-state index in [2.05, 4.69) is 15.2 Å². The summed E-state index contributed by atoms with van der Waals surface area (Å²) in [4.78, 5) is 50.9. The summed E-state index contributed by atoms with van der Waals surface area (Å²) in [6.07, 6.45) is 4.42. The number of ether oxygens (including phenoxy) is 3. The normalized spacial score (nSPS) is 16.4. The number of carbonyl (C=O) groups is 2. The van der Waals surface area contributed by atoms with Gasteiger partial charge in [-0.2, -0.15) is 0 Å². The Balaban J connectivity index is 1.16. The number of carbonyl (C=O) groups excluding carboxylic acids is 2. The SMILES string of the molecule is COC(=O)C1(CN(C)c2cnc3cc(-c4cccc(-c5cccc(-c6ccc(CN(C)[C@H]7CCC(=O)N7)c(OC)n6)c5Cl)c4Cl)ccn3c2=O)COC1. The molecule has 2 aliphatic heterocycles. The smallest absolute Gasteiger partial charge is 0.318 e. The van der Waals surface area contributed by atoms with E-state index >= 15 is 0 Å². The second kappa shape index (κ2) is 14.8. The van der Waals surface area contributed by atoms with E-state index in [0.717, 1.165) is 34.2 Å². The standard InChI is InChI=1S/C39H38Cl2N6O6/c1-45(31-13-14-33(48)44-31)19-24-11-12-29(43-36(24)51-3)28-10-6-9-27(35(28)41)26-8-5-7-25(34(26)40)23-15-16-47-32(17-23)42-18-30(37(47)49)46(2)20-39(21-53-22-39)38(50)52-4/h5-12,15-18,31H,13-14,19-22H2,1-4H3,(H,44,48)/t31-/m0/s1. The van der Waals surface area contributed by atoms with E-state index in [-0.39, 0.29) is 43.4 Å². The van der Waals surface area contributed by atoms with Gasteiger partial charge in [0.25, 0.3) is 5.56 Å². The summed E-state index contributed by atoms with van der Waals surface area (Å²) in [7, 11) is 6.63. The van der Waals surface area contributed by atoms with Crippen molar-refractivity contribution in [3.63, 3.8) is 0 Å². The minimum atomic E-state index is -0.828. The number of nitrogens with zero attached hydrogens (tertiary/aromatic N) is 5. The number of aromatic nitrogens is 3. The minimum absolute atomic E-state index is 0.0339. The molecule has 12 nitrogen and oxygen atoms in total. The molecule has 7 rings (SSSR count). The van der Waals surface area contributed by atoms with Crippen molar-refractivity contribution in [3.05, 3.63) is 99.0 Å². The number of hydrogen-bond donors (Lipinski definition) is 1. The molecule has 14 heteroatoms. The topological polar surface area (TPSA) is 128 Å². The van der Waals surface area contributed by atoms with Crippen LogP contribution in [0.3, 0.4) is 0 Å². The summed E-state index contributed by atoms with van der Waals surface area (Å²) in [5.41, 5.74) is 4.85. The fourth-order valence-corrected chi connectivity index (χ4v) is 7.66. The van der Waals surface area contributed by atoms with Crippen LogP contribution in [0.25, 0.3) is 39.2 Å². The van der Waals surface area contributed by atoms with Crippen molar-refractivity contribution in [1.82, 2.24) is 24.6 Å². The van der Waals surface area contributed by atoms with Crippen molar-refractivity contribution >= 4 is 46.4 Å². The molecule has 274 valence electrons. The maximum atomic E-state index is 13.6. The van der Waals surface area contributed by atoms with Gasteiger partial charge in [0.2, 0.25) is 11.8 Å². The van der Waals surface area contributed by atoms with Crippen LogP contribution in [0.2, 0.25) is 10.0 Å². The van der Waals surface area contributed by atoms with Crippen LogP contribution >= 0.6 is 23.2 Å². The quantitative estimate of drug-likeness (QED) is 0.168. The second-order valence-corrected chi connectivity index (χ2v) is 14.2. The van der Waals surface area contributed by atoms with Gasteiger partial charge in [-0.15, -0.1) is 0 Å².